The van der Waals surface area contributed by atoms with Crippen LogP contribution >= 0.6 is 0 Å². The number of hydrogen-bond acceptors (Lipinski definition) is 6. The molecule has 3 aromatic carbocycles. The van der Waals surface area contributed by atoms with Crippen LogP contribution < -0.4 is 19.7 Å². The van der Waals surface area contributed by atoms with E-state index in [4.69, 9.17) is 9.47 Å². The van der Waals surface area contributed by atoms with Gasteiger partial charge in [-0.05, 0) is 66.3 Å². The monoisotopic (exact) mass is 571 g/mol. The number of anilines is 2. The predicted molar refractivity (Wildman–Crippen MR) is 165 cm³/mol. The van der Waals surface area contributed by atoms with Crippen molar-refractivity contribution in [1.29, 1.82) is 0 Å². The molecule has 1 fully saturated rings. The number of carboxylic acid groups (broad SMARTS) is 1. The summed E-state index contributed by atoms with van der Waals surface area (Å²) in [4.78, 5) is 30.7. The standard InChI is InChI=1S/C34H41N3O5/c1-6-22-16-21(3)17-23(7-2)32(22)35-30(38)20-37-19-27(25-10-13-28-29(18-25)42-15-14-41-28)31(34(39)40)33(37)24-8-11-26(12-9-24)36(4)5/h8-13,16-18,27,31,33H,6-7,14-15,19-20H2,1-5H3,(H,35,38)(H,39,40)/t27-,31?,33+/m1/s1. The highest BCUT2D eigenvalue weighted by molar-refractivity contribution is 5.94. The molecule has 3 aromatic rings. The van der Waals surface area contributed by atoms with Gasteiger partial charge < -0.3 is 24.8 Å². The minimum Gasteiger partial charge on any atom is -0.486 e. The highest BCUT2D eigenvalue weighted by atomic mass is 16.6. The number of rotatable bonds is 9. The van der Waals surface area contributed by atoms with Crippen LogP contribution in [-0.2, 0) is 22.4 Å². The topological polar surface area (TPSA) is 91.3 Å². The summed E-state index contributed by atoms with van der Waals surface area (Å²) < 4.78 is 11.5. The van der Waals surface area contributed by atoms with E-state index in [1.807, 2.05) is 66.4 Å². The van der Waals surface area contributed by atoms with E-state index in [0.29, 0.717) is 31.3 Å². The molecule has 8 heteroatoms. The summed E-state index contributed by atoms with van der Waals surface area (Å²) in [6.45, 7) is 7.69. The van der Waals surface area contributed by atoms with Crippen LogP contribution in [0.2, 0.25) is 0 Å². The second kappa shape index (κ2) is 12.4. The molecule has 2 aliphatic heterocycles. The van der Waals surface area contributed by atoms with E-state index >= 15 is 0 Å². The molecule has 2 aliphatic rings. The molecule has 1 amide bonds. The molecule has 0 radical (unpaired) electrons. The van der Waals surface area contributed by atoms with Gasteiger partial charge in [0.05, 0.1) is 12.5 Å². The van der Waals surface area contributed by atoms with Crippen LogP contribution in [-0.4, -0.2) is 62.3 Å². The van der Waals surface area contributed by atoms with Gasteiger partial charge in [-0.3, -0.25) is 14.5 Å². The molecule has 3 atom stereocenters. The van der Waals surface area contributed by atoms with Crippen molar-refractivity contribution in [3.8, 4) is 11.5 Å². The predicted octanol–water partition coefficient (Wildman–Crippen LogP) is 5.44. The summed E-state index contributed by atoms with van der Waals surface area (Å²) in [5, 5.41) is 13.8. The van der Waals surface area contributed by atoms with E-state index in [2.05, 4.69) is 38.2 Å². The van der Waals surface area contributed by atoms with Crippen molar-refractivity contribution in [2.24, 2.45) is 5.92 Å². The van der Waals surface area contributed by atoms with E-state index in [1.54, 1.807) is 0 Å². The van der Waals surface area contributed by atoms with E-state index in [-0.39, 0.29) is 18.4 Å². The molecule has 0 spiro atoms. The van der Waals surface area contributed by atoms with Gasteiger partial charge in [0.2, 0.25) is 5.91 Å². The van der Waals surface area contributed by atoms with Crippen molar-refractivity contribution in [2.75, 3.05) is 50.6 Å². The lowest BCUT2D eigenvalue weighted by Crippen LogP contribution is -2.35. The fraction of sp³-hybridized carbons (Fsp3) is 0.412. The number of carboxylic acids is 1. The molecule has 0 aromatic heterocycles. The molecule has 1 unspecified atom stereocenters. The van der Waals surface area contributed by atoms with Gasteiger partial charge in [0, 0.05) is 44.0 Å². The Morgan fingerprint density at radius 3 is 2.14 bits per heavy atom. The Morgan fingerprint density at radius 2 is 1.55 bits per heavy atom. The number of ether oxygens (including phenoxy) is 2. The molecular weight excluding hydrogens is 530 g/mol. The first-order valence-corrected chi connectivity index (χ1v) is 14.8. The average molecular weight is 572 g/mol. The van der Waals surface area contributed by atoms with Gasteiger partial charge >= 0.3 is 5.97 Å². The largest absolute Gasteiger partial charge is 0.486 e. The SMILES string of the molecule is CCc1cc(C)cc(CC)c1NC(=O)CN1C[C@H](c2ccc3c(c2)OCCO3)C(C(=O)O)[C@@H]1c1ccc(N(C)C)cc1. The zero-order chi connectivity index (χ0) is 30.0. The minimum atomic E-state index is -0.889. The van der Waals surface area contributed by atoms with Gasteiger partial charge in [-0.1, -0.05) is 49.7 Å². The summed E-state index contributed by atoms with van der Waals surface area (Å²) in [6, 6.07) is 17.4. The minimum absolute atomic E-state index is 0.0745. The van der Waals surface area contributed by atoms with E-state index in [0.717, 1.165) is 46.5 Å². The van der Waals surface area contributed by atoms with Crippen molar-refractivity contribution in [3.05, 3.63) is 82.4 Å². The van der Waals surface area contributed by atoms with Crippen LogP contribution in [0.4, 0.5) is 11.4 Å². The molecule has 2 N–H and O–H groups in total. The number of fused-ring (bicyclic) bond motifs is 1. The van der Waals surface area contributed by atoms with Gasteiger partial charge in [0.15, 0.2) is 11.5 Å². The van der Waals surface area contributed by atoms with Crippen molar-refractivity contribution in [2.45, 2.75) is 45.6 Å². The molecule has 0 aliphatic carbocycles. The van der Waals surface area contributed by atoms with Crippen LogP contribution in [0.1, 0.15) is 53.6 Å². The maximum absolute atomic E-state index is 13.7. The third-order valence-electron chi connectivity index (χ3n) is 8.45. The smallest absolute Gasteiger partial charge is 0.309 e. The Labute approximate surface area is 248 Å². The lowest BCUT2D eigenvalue weighted by atomic mass is 9.82. The second-order valence-corrected chi connectivity index (χ2v) is 11.4. The number of carbonyl (C=O) groups excluding carboxylic acids is 1. The Kier molecular flexibility index (Phi) is 8.73. The summed E-state index contributed by atoms with van der Waals surface area (Å²) in [7, 11) is 3.94. The number of benzene rings is 3. The lowest BCUT2D eigenvalue weighted by Gasteiger charge is -2.28. The van der Waals surface area contributed by atoms with Crippen molar-refractivity contribution >= 4 is 23.3 Å². The van der Waals surface area contributed by atoms with Crippen molar-refractivity contribution in [1.82, 2.24) is 4.90 Å². The number of aliphatic carboxylic acids is 1. The molecule has 0 bridgehead atoms. The number of nitrogens with one attached hydrogen (secondary N) is 1. The van der Waals surface area contributed by atoms with Crippen molar-refractivity contribution in [3.63, 3.8) is 0 Å². The molecule has 0 saturated carbocycles. The number of nitrogens with zero attached hydrogens (tertiary/aromatic N) is 2. The van der Waals surface area contributed by atoms with Gasteiger partial charge in [0.25, 0.3) is 0 Å². The second-order valence-electron chi connectivity index (χ2n) is 11.4. The molecule has 222 valence electrons. The molecule has 2 heterocycles. The lowest BCUT2D eigenvalue weighted by molar-refractivity contribution is -0.143. The Bertz CT molecular complexity index is 1430. The van der Waals surface area contributed by atoms with E-state index < -0.39 is 17.9 Å². The van der Waals surface area contributed by atoms with Gasteiger partial charge in [-0.2, -0.15) is 0 Å². The van der Waals surface area contributed by atoms with Gasteiger partial charge in [-0.15, -0.1) is 0 Å². The molecular formula is C34H41N3O5. The number of likely N-dealkylation sites (tertiary alicyclic amines) is 1. The molecule has 5 rings (SSSR count). The van der Waals surface area contributed by atoms with E-state index in [1.165, 1.54) is 5.56 Å². The van der Waals surface area contributed by atoms with Crippen LogP contribution in [0.5, 0.6) is 11.5 Å². The molecule has 42 heavy (non-hydrogen) atoms. The number of aryl methyl sites for hydroxylation is 3. The fourth-order valence-electron chi connectivity index (χ4n) is 6.41. The Morgan fingerprint density at radius 1 is 0.929 bits per heavy atom. The number of hydrogen-bond donors (Lipinski definition) is 2. The average Bonchev–Trinajstić information content (AvgIpc) is 3.36. The zero-order valence-electron chi connectivity index (χ0n) is 25.1. The first kappa shape index (κ1) is 29.5. The quantitative estimate of drug-likeness (QED) is 0.354. The Hall–Kier alpha value is -4.04. The number of carbonyl (C=O) groups is 2. The fourth-order valence-corrected chi connectivity index (χ4v) is 6.41. The van der Waals surface area contributed by atoms with Gasteiger partial charge in [-0.25, -0.2) is 0 Å². The Balaban J connectivity index is 1.50. The summed E-state index contributed by atoms with van der Waals surface area (Å²) in [5.74, 6) is -0.850. The van der Waals surface area contributed by atoms with Crippen LogP contribution in [0, 0.1) is 12.8 Å². The highest BCUT2D eigenvalue weighted by Gasteiger charge is 2.48. The molecule has 1 saturated heterocycles. The van der Waals surface area contributed by atoms with Crippen molar-refractivity contribution < 1.29 is 24.2 Å². The normalized spacial score (nSPS) is 19.9. The first-order valence-electron chi connectivity index (χ1n) is 14.8. The van der Waals surface area contributed by atoms with Crippen LogP contribution in [0.3, 0.4) is 0 Å². The highest BCUT2D eigenvalue weighted by Crippen LogP contribution is 2.47. The summed E-state index contributed by atoms with van der Waals surface area (Å²) in [6.07, 6.45) is 1.62. The zero-order valence-corrected chi connectivity index (χ0v) is 25.1. The summed E-state index contributed by atoms with van der Waals surface area (Å²) >= 11 is 0. The third-order valence-corrected chi connectivity index (χ3v) is 8.45. The third kappa shape index (κ3) is 5.95. The maximum Gasteiger partial charge on any atom is 0.309 e. The van der Waals surface area contributed by atoms with Crippen LogP contribution in [0.25, 0.3) is 0 Å². The maximum atomic E-state index is 13.7. The summed E-state index contributed by atoms with van der Waals surface area (Å²) in [5.41, 5.74) is 7.03. The number of amides is 1. The molecule has 8 nitrogen and oxygen atoms in total. The first-order chi connectivity index (χ1) is 20.2. The van der Waals surface area contributed by atoms with Crippen LogP contribution in [0.15, 0.2) is 54.6 Å². The van der Waals surface area contributed by atoms with Gasteiger partial charge in [0.1, 0.15) is 13.2 Å². The van der Waals surface area contributed by atoms with E-state index in [9.17, 15) is 14.7 Å².